The first-order chi connectivity index (χ1) is 12.5. The Kier molecular flexibility index (Phi) is 5.74. The summed E-state index contributed by atoms with van der Waals surface area (Å²) in [5.41, 5.74) is 0.928. The van der Waals surface area contributed by atoms with Crippen LogP contribution in [0, 0.1) is 11.6 Å². The van der Waals surface area contributed by atoms with Crippen molar-refractivity contribution in [1.82, 2.24) is 15.3 Å². The second-order valence-electron chi connectivity index (χ2n) is 5.06. The highest BCUT2D eigenvalue weighted by atomic mass is 32.2. The van der Waals surface area contributed by atoms with Gasteiger partial charge in [0.15, 0.2) is 11.6 Å². The maximum absolute atomic E-state index is 13.1. The van der Waals surface area contributed by atoms with Gasteiger partial charge in [0, 0.05) is 11.8 Å². The number of hydrogen-bond donors (Lipinski definition) is 2. The van der Waals surface area contributed by atoms with Crippen LogP contribution in [0.4, 0.5) is 14.5 Å². The van der Waals surface area contributed by atoms with Crippen molar-refractivity contribution in [3.8, 4) is 0 Å². The summed E-state index contributed by atoms with van der Waals surface area (Å²) in [5, 5.41) is 7.43. The Morgan fingerprint density at radius 1 is 1.12 bits per heavy atom. The molecule has 0 bridgehead atoms. The molecule has 10 heteroatoms. The van der Waals surface area contributed by atoms with Gasteiger partial charge in [0.25, 0.3) is 0 Å². The second-order valence-corrected chi connectivity index (χ2v) is 6.94. The summed E-state index contributed by atoms with van der Waals surface area (Å²) in [7, 11) is 0. The standard InChI is InChI=1S/C16H12F2N4O2S2/c17-10-2-1-9(5-11(10)18)22-13(23)6-19-14(24)7-26-16-15-12(3-4-25-15)20-8-21-16/h1-5,8H,6-7H2,(H,19,24)(H,22,23). The third-order valence-corrected chi connectivity index (χ3v) is 5.23. The first-order valence-corrected chi connectivity index (χ1v) is 9.22. The van der Waals surface area contributed by atoms with Crippen LogP contribution in [0.1, 0.15) is 0 Å². The summed E-state index contributed by atoms with van der Waals surface area (Å²) in [6, 6.07) is 4.88. The fourth-order valence-corrected chi connectivity index (χ4v) is 3.79. The van der Waals surface area contributed by atoms with Crippen LogP contribution in [-0.4, -0.2) is 34.1 Å². The lowest BCUT2D eigenvalue weighted by Crippen LogP contribution is -2.33. The number of anilines is 1. The molecule has 2 aromatic heterocycles. The normalized spacial score (nSPS) is 10.7. The largest absolute Gasteiger partial charge is 0.346 e. The Bertz CT molecular complexity index is 964. The molecule has 3 aromatic rings. The molecular weight excluding hydrogens is 382 g/mol. The highest BCUT2D eigenvalue weighted by Gasteiger charge is 2.11. The van der Waals surface area contributed by atoms with Crippen molar-refractivity contribution in [2.45, 2.75) is 5.03 Å². The van der Waals surface area contributed by atoms with E-state index in [2.05, 4.69) is 20.6 Å². The van der Waals surface area contributed by atoms with Crippen molar-refractivity contribution < 1.29 is 18.4 Å². The molecular formula is C16H12F2N4O2S2. The predicted molar refractivity (Wildman–Crippen MR) is 96.1 cm³/mol. The average molecular weight is 394 g/mol. The number of halogens is 2. The number of rotatable bonds is 6. The van der Waals surface area contributed by atoms with Crippen LogP contribution >= 0.6 is 23.1 Å². The molecule has 0 saturated heterocycles. The molecule has 6 nitrogen and oxygen atoms in total. The summed E-state index contributed by atoms with van der Waals surface area (Å²) < 4.78 is 26.8. The Hall–Kier alpha value is -2.59. The molecule has 0 spiro atoms. The topological polar surface area (TPSA) is 84.0 Å². The zero-order valence-corrected chi connectivity index (χ0v) is 14.8. The van der Waals surface area contributed by atoms with Crippen LogP contribution in [0.25, 0.3) is 10.2 Å². The molecule has 1 aromatic carbocycles. The van der Waals surface area contributed by atoms with Gasteiger partial charge in [-0.25, -0.2) is 18.7 Å². The maximum atomic E-state index is 13.1. The summed E-state index contributed by atoms with van der Waals surface area (Å²) in [6.07, 6.45) is 1.44. The monoisotopic (exact) mass is 394 g/mol. The van der Waals surface area contributed by atoms with E-state index in [-0.39, 0.29) is 23.9 Å². The molecule has 0 saturated carbocycles. The molecule has 3 rings (SSSR count). The molecule has 0 radical (unpaired) electrons. The number of hydrogen-bond acceptors (Lipinski definition) is 6. The van der Waals surface area contributed by atoms with Crippen LogP contribution in [-0.2, 0) is 9.59 Å². The van der Waals surface area contributed by atoms with Gasteiger partial charge in [-0.3, -0.25) is 9.59 Å². The zero-order valence-electron chi connectivity index (χ0n) is 13.2. The number of amides is 2. The molecule has 26 heavy (non-hydrogen) atoms. The zero-order chi connectivity index (χ0) is 18.5. The number of benzene rings is 1. The van der Waals surface area contributed by atoms with E-state index < -0.39 is 17.5 Å². The van der Waals surface area contributed by atoms with Gasteiger partial charge in [-0.1, -0.05) is 11.8 Å². The summed E-state index contributed by atoms with van der Waals surface area (Å²) in [5.74, 6) is -2.87. The molecule has 0 aliphatic heterocycles. The lowest BCUT2D eigenvalue weighted by Gasteiger charge is -2.07. The van der Waals surface area contributed by atoms with Crippen molar-refractivity contribution in [3.63, 3.8) is 0 Å². The van der Waals surface area contributed by atoms with E-state index in [9.17, 15) is 18.4 Å². The van der Waals surface area contributed by atoms with E-state index in [4.69, 9.17) is 0 Å². The quantitative estimate of drug-likeness (QED) is 0.496. The van der Waals surface area contributed by atoms with Gasteiger partial charge in [0.05, 0.1) is 22.5 Å². The summed E-state index contributed by atoms with van der Waals surface area (Å²) in [6.45, 7) is -0.281. The number of thiophene rings is 1. The van der Waals surface area contributed by atoms with Gasteiger partial charge in [-0.2, -0.15) is 0 Å². The molecule has 0 atom stereocenters. The number of nitrogens with zero attached hydrogens (tertiary/aromatic N) is 2. The Morgan fingerprint density at radius 2 is 1.96 bits per heavy atom. The third-order valence-electron chi connectivity index (χ3n) is 3.20. The highest BCUT2D eigenvalue weighted by Crippen LogP contribution is 2.28. The van der Waals surface area contributed by atoms with Crippen molar-refractivity contribution in [1.29, 1.82) is 0 Å². The lowest BCUT2D eigenvalue weighted by atomic mass is 10.3. The average Bonchev–Trinajstić information content (AvgIpc) is 3.10. The SMILES string of the molecule is O=C(CSc1ncnc2ccsc12)NCC(=O)Nc1ccc(F)c(F)c1. The van der Waals surface area contributed by atoms with Gasteiger partial charge in [-0.15, -0.1) is 11.3 Å². The molecule has 2 N–H and O–H groups in total. The van der Waals surface area contributed by atoms with E-state index >= 15 is 0 Å². The number of carbonyl (C=O) groups excluding carboxylic acids is 2. The van der Waals surface area contributed by atoms with Crippen molar-refractivity contribution >= 4 is 50.8 Å². The maximum Gasteiger partial charge on any atom is 0.243 e. The number of carbonyl (C=O) groups is 2. The predicted octanol–water partition coefficient (Wildman–Crippen LogP) is 2.82. The molecule has 2 heterocycles. The molecule has 2 amide bonds. The first kappa shape index (κ1) is 18.2. The van der Waals surface area contributed by atoms with Crippen molar-refractivity contribution in [2.24, 2.45) is 0 Å². The van der Waals surface area contributed by atoms with Gasteiger partial charge < -0.3 is 10.6 Å². The van der Waals surface area contributed by atoms with E-state index in [1.54, 1.807) is 0 Å². The molecule has 134 valence electrons. The van der Waals surface area contributed by atoms with Crippen molar-refractivity contribution in [2.75, 3.05) is 17.6 Å². The molecule has 0 unspecified atom stereocenters. The molecule has 0 aliphatic rings. The van der Waals surface area contributed by atoms with Gasteiger partial charge in [0.1, 0.15) is 11.4 Å². The first-order valence-electron chi connectivity index (χ1n) is 7.35. The molecule has 0 fully saturated rings. The Labute approximate surface area is 155 Å². The number of aromatic nitrogens is 2. The number of thioether (sulfide) groups is 1. The third kappa shape index (κ3) is 4.52. The Balaban J connectivity index is 1.47. The Morgan fingerprint density at radius 3 is 2.77 bits per heavy atom. The van der Waals surface area contributed by atoms with Gasteiger partial charge in [0.2, 0.25) is 11.8 Å². The number of fused-ring (bicyclic) bond motifs is 1. The van der Waals surface area contributed by atoms with E-state index in [0.717, 1.165) is 22.3 Å². The van der Waals surface area contributed by atoms with Crippen LogP contribution in [0.15, 0.2) is 41.0 Å². The minimum Gasteiger partial charge on any atom is -0.346 e. The fraction of sp³-hybridized carbons (Fsp3) is 0.125. The second kappa shape index (κ2) is 8.19. The smallest absolute Gasteiger partial charge is 0.243 e. The molecule has 0 aliphatic carbocycles. The lowest BCUT2D eigenvalue weighted by molar-refractivity contribution is -0.122. The van der Waals surface area contributed by atoms with Crippen LogP contribution < -0.4 is 10.6 Å². The highest BCUT2D eigenvalue weighted by molar-refractivity contribution is 8.00. The van der Waals surface area contributed by atoms with E-state index in [1.165, 1.54) is 35.5 Å². The van der Waals surface area contributed by atoms with Crippen LogP contribution in [0.5, 0.6) is 0 Å². The number of nitrogens with one attached hydrogen (secondary N) is 2. The van der Waals surface area contributed by atoms with Crippen LogP contribution in [0.2, 0.25) is 0 Å². The minimum absolute atomic E-state index is 0.0858. The summed E-state index contributed by atoms with van der Waals surface area (Å²) in [4.78, 5) is 31.9. The van der Waals surface area contributed by atoms with E-state index in [1.807, 2.05) is 11.4 Å². The van der Waals surface area contributed by atoms with Crippen LogP contribution in [0.3, 0.4) is 0 Å². The van der Waals surface area contributed by atoms with Gasteiger partial charge >= 0.3 is 0 Å². The van der Waals surface area contributed by atoms with Crippen molar-refractivity contribution in [3.05, 3.63) is 47.6 Å². The van der Waals surface area contributed by atoms with E-state index in [0.29, 0.717) is 5.03 Å². The summed E-state index contributed by atoms with van der Waals surface area (Å²) >= 11 is 2.73. The fourth-order valence-electron chi connectivity index (χ4n) is 2.01. The van der Waals surface area contributed by atoms with Gasteiger partial charge in [-0.05, 0) is 23.6 Å². The minimum atomic E-state index is -1.06.